The molecule has 0 amide bonds. The zero-order chi connectivity index (χ0) is 12.5. The quantitative estimate of drug-likeness (QED) is 0.854. The van der Waals surface area contributed by atoms with Crippen LogP contribution in [0.15, 0.2) is 0 Å². The van der Waals surface area contributed by atoms with Gasteiger partial charge in [-0.1, -0.05) is 0 Å². The van der Waals surface area contributed by atoms with Gasteiger partial charge in [-0.15, -0.1) is 5.10 Å². The van der Waals surface area contributed by atoms with Crippen LogP contribution in [-0.2, 0) is 6.54 Å². The number of nitrogens with zero attached hydrogens (tertiary/aromatic N) is 2. The highest BCUT2D eigenvalue weighted by atomic mass is 16.5. The second-order valence-electron chi connectivity index (χ2n) is 5.15. The molecule has 0 fully saturated rings. The molecular formula is C12H22N2O2. The Balaban J connectivity index is 2.96. The van der Waals surface area contributed by atoms with E-state index in [2.05, 4.69) is 5.10 Å². The van der Waals surface area contributed by atoms with Crippen molar-refractivity contribution in [2.45, 2.75) is 59.8 Å². The van der Waals surface area contributed by atoms with Crippen molar-refractivity contribution in [3.8, 4) is 5.88 Å². The maximum Gasteiger partial charge on any atom is 0.236 e. The van der Waals surface area contributed by atoms with E-state index < -0.39 is 5.60 Å². The van der Waals surface area contributed by atoms with Crippen molar-refractivity contribution in [1.82, 2.24) is 9.78 Å². The highest BCUT2D eigenvalue weighted by Crippen LogP contribution is 2.22. The van der Waals surface area contributed by atoms with Gasteiger partial charge >= 0.3 is 0 Å². The zero-order valence-electron chi connectivity index (χ0n) is 11.0. The van der Waals surface area contributed by atoms with E-state index >= 15 is 0 Å². The molecule has 1 aromatic heterocycles. The van der Waals surface area contributed by atoms with E-state index in [0.29, 0.717) is 12.4 Å². The minimum Gasteiger partial charge on any atom is -0.474 e. The Kier molecular flexibility index (Phi) is 3.63. The fourth-order valence-electron chi connectivity index (χ4n) is 1.46. The summed E-state index contributed by atoms with van der Waals surface area (Å²) in [6.07, 6.45) is 0.114. The summed E-state index contributed by atoms with van der Waals surface area (Å²) in [4.78, 5) is 0. The van der Waals surface area contributed by atoms with Crippen LogP contribution >= 0.6 is 0 Å². The molecule has 0 spiro atoms. The van der Waals surface area contributed by atoms with Crippen molar-refractivity contribution in [1.29, 1.82) is 0 Å². The molecule has 16 heavy (non-hydrogen) atoms. The van der Waals surface area contributed by atoms with Crippen LogP contribution < -0.4 is 4.74 Å². The molecule has 0 atom stereocenters. The van der Waals surface area contributed by atoms with E-state index in [1.807, 2.05) is 27.7 Å². The first-order chi connectivity index (χ1) is 7.20. The van der Waals surface area contributed by atoms with E-state index in [0.717, 1.165) is 11.3 Å². The predicted molar refractivity (Wildman–Crippen MR) is 63.8 cm³/mol. The van der Waals surface area contributed by atoms with Gasteiger partial charge in [-0.05, 0) is 41.5 Å². The van der Waals surface area contributed by atoms with Crippen LogP contribution in [0.25, 0.3) is 0 Å². The largest absolute Gasteiger partial charge is 0.474 e. The first kappa shape index (κ1) is 13.0. The summed E-state index contributed by atoms with van der Waals surface area (Å²) in [5.41, 5.74) is 1.31. The molecule has 1 N–H and O–H groups in total. The Morgan fingerprint density at radius 1 is 1.38 bits per heavy atom. The second-order valence-corrected chi connectivity index (χ2v) is 5.15. The molecular weight excluding hydrogens is 204 g/mol. The molecule has 0 bridgehead atoms. The summed E-state index contributed by atoms with van der Waals surface area (Å²) < 4.78 is 7.41. The number of rotatable bonds is 4. The van der Waals surface area contributed by atoms with Crippen LogP contribution in [0.2, 0.25) is 0 Å². The molecule has 0 aliphatic heterocycles. The van der Waals surface area contributed by atoms with E-state index in [1.54, 1.807) is 18.5 Å². The lowest BCUT2D eigenvalue weighted by atomic mass is 10.1. The molecule has 0 radical (unpaired) electrons. The first-order valence-electron chi connectivity index (χ1n) is 5.64. The molecule has 0 aromatic carbocycles. The molecule has 0 unspecified atom stereocenters. The number of aliphatic hydroxyl groups is 1. The number of hydrogen-bond acceptors (Lipinski definition) is 3. The Bertz CT molecular complexity index is 362. The van der Waals surface area contributed by atoms with E-state index in [-0.39, 0.29) is 6.10 Å². The molecule has 1 heterocycles. The summed E-state index contributed by atoms with van der Waals surface area (Å²) in [5.74, 6) is 0.664. The lowest BCUT2D eigenvalue weighted by Crippen LogP contribution is -2.27. The molecule has 0 aliphatic carbocycles. The summed E-state index contributed by atoms with van der Waals surface area (Å²) in [5, 5.41) is 14.1. The van der Waals surface area contributed by atoms with Crippen LogP contribution in [0.5, 0.6) is 5.88 Å². The second kappa shape index (κ2) is 4.45. The molecule has 1 aromatic rings. The van der Waals surface area contributed by atoms with Crippen molar-refractivity contribution >= 4 is 0 Å². The molecule has 92 valence electrons. The molecule has 4 nitrogen and oxygen atoms in total. The Labute approximate surface area is 97.2 Å². The number of ether oxygens (including phenoxy) is 1. The van der Waals surface area contributed by atoms with Gasteiger partial charge in [-0.2, -0.15) is 0 Å². The maximum atomic E-state index is 9.78. The standard InChI is InChI=1S/C12H22N2O2/c1-8(2)16-11-9(3)10(4)14(13-11)7-12(5,6)15/h8,15H,7H2,1-6H3. The minimum atomic E-state index is -0.766. The van der Waals surface area contributed by atoms with E-state index in [4.69, 9.17) is 4.74 Å². The summed E-state index contributed by atoms with van der Waals surface area (Å²) in [6.45, 7) is 11.9. The smallest absolute Gasteiger partial charge is 0.236 e. The third kappa shape index (κ3) is 3.23. The third-order valence-corrected chi connectivity index (χ3v) is 2.35. The SMILES string of the molecule is Cc1c(OC(C)C)nn(CC(C)(C)O)c1C. The van der Waals surface area contributed by atoms with Gasteiger partial charge in [0.15, 0.2) is 0 Å². The topological polar surface area (TPSA) is 47.3 Å². The van der Waals surface area contributed by atoms with Crippen LogP contribution in [0.3, 0.4) is 0 Å². The van der Waals surface area contributed by atoms with Crippen molar-refractivity contribution in [3.63, 3.8) is 0 Å². The van der Waals surface area contributed by atoms with Crippen LogP contribution in [0.4, 0.5) is 0 Å². The predicted octanol–water partition coefficient (Wildman–Crippen LogP) is 2.06. The molecule has 0 saturated carbocycles. The van der Waals surface area contributed by atoms with Crippen molar-refractivity contribution < 1.29 is 9.84 Å². The van der Waals surface area contributed by atoms with E-state index in [9.17, 15) is 5.11 Å². The van der Waals surface area contributed by atoms with Crippen LogP contribution in [-0.4, -0.2) is 26.6 Å². The normalized spacial score (nSPS) is 12.2. The Morgan fingerprint density at radius 2 is 1.94 bits per heavy atom. The highest BCUT2D eigenvalue weighted by Gasteiger charge is 2.19. The Morgan fingerprint density at radius 3 is 2.38 bits per heavy atom. The molecule has 4 heteroatoms. The van der Waals surface area contributed by atoms with Gasteiger partial charge in [0, 0.05) is 11.3 Å². The average Bonchev–Trinajstić information content (AvgIpc) is 2.30. The van der Waals surface area contributed by atoms with E-state index in [1.165, 1.54) is 0 Å². The van der Waals surface area contributed by atoms with Gasteiger partial charge in [-0.25, -0.2) is 0 Å². The van der Waals surface area contributed by atoms with Gasteiger partial charge < -0.3 is 9.84 Å². The summed E-state index contributed by atoms with van der Waals surface area (Å²) >= 11 is 0. The van der Waals surface area contributed by atoms with Gasteiger partial charge in [0.25, 0.3) is 0 Å². The van der Waals surface area contributed by atoms with Crippen molar-refractivity contribution in [2.75, 3.05) is 0 Å². The zero-order valence-corrected chi connectivity index (χ0v) is 11.0. The fourth-order valence-corrected chi connectivity index (χ4v) is 1.46. The average molecular weight is 226 g/mol. The lowest BCUT2D eigenvalue weighted by molar-refractivity contribution is 0.0565. The monoisotopic (exact) mass is 226 g/mol. The minimum absolute atomic E-state index is 0.114. The van der Waals surface area contributed by atoms with Crippen LogP contribution in [0.1, 0.15) is 39.0 Å². The van der Waals surface area contributed by atoms with Crippen molar-refractivity contribution in [3.05, 3.63) is 11.3 Å². The highest BCUT2D eigenvalue weighted by molar-refractivity contribution is 5.29. The number of hydrogen-bond donors (Lipinski definition) is 1. The molecule has 1 rings (SSSR count). The van der Waals surface area contributed by atoms with Crippen LogP contribution in [0, 0.1) is 13.8 Å². The number of aromatic nitrogens is 2. The fraction of sp³-hybridized carbons (Fsp3) is 0.750. The maximum absolute atomic E-state index is 9.78. The van der Waals surface area contributed by atoms with Crippen molar-refractivity contribution in [2.24, 2.45) is 0 Å². The summed E-state index contributed by atoms with van der Waals surface area (Å²) in [7, 11) is 0. The molecule has 0 aliphatic rings. The van der Waals surface area contributed by atoms with Gasteiger partial charge in [0.2, 0.25) is 5.88 Å². The Hall–Kier alpha value is -1.03. The molecule has 0 saturated heterocycles. The van der Waals surface area contributed by atoms with Gasteiger partial charge in [-0.3, -0.25) is 4.68 Å². The van der Waals surface area contributed by atoms with Gasteiger partial charge in [0.05, 0.1) is 18.2 Å². The first-order valence-corrected chi connectivity index (χ1v) is 5.64. The summed E-state index contributed by atoms with van der Waals surface area (Å²) in [6, 6.07) is 0. The van der Waals surface area contributed by atoms with Gasteiger partial charge in [0.1, 0.15) is 0 Å². The lowest BCUT2D eigenvalue weighted by Gasteiger charge is -2.17. The third-order valence-electron chi connectivity index (χ3n) is 2.35.